The molecule has 0 saturated carbocycles. The van der Waals surface area contributed by atoms with Crippen LogP contribution in [-0.4, -0.2) is 45.9 Å². The van der Waals surface area contributed by atoms with E-state index < -0.39 is 0 Å². The Kier molecular flexibility index (Phi) is 4.28. The highest BCUT2D eigenvalue weighted by Crippen LogP contribution is 2.31. The van der Waals surface area contributed by atoms with Gasteiger partial charge in [0.05, 0.1) is 28.5 Å². The molecular weight excluding hydrogens is 353 g/mol. The summed E-state index contributed by atoms with van der Waals surface area (Å²) >= 11 is 1.42. The van der Waals surface area contributed by atoms with Gasteiger partial charge in [-0.1, -0.05) is 0 Å². The van der Waals surface area contributed by atoms with Crippen LogP contribution in [0.3, 0.4) is 0 Å². The van der Waals surface area contributed by atoms with Crippen LogP contribution in [-0.2, 0) is 4.74 Å². The number of carbonyl (C=O) groups is 1. The third-order valence-corrected chi connectivity index (χ3v) is 5.63. The second-order valence-electron chi connectivity index (χ2n) is 6.77. The minimum absolute atomic E-state index is 0.0262. The molecule has 136 valence electrons. The molecule has 1 aromatic carbocycles. The maximum absolute atomic E-state index is 13.2. The Labute approximate surface area is 155 Å². The SMILES string of the molecule is Cc1nn(-c2ccc(F)cc2)c2sc(C(=O)N3CC(C)OC(C)C3)cc12. The van der Waals surface area contributed by atoms with Crippen LogP contribution >= 0.6 is 11.3 Å². The van der Waals surface area contributed by atoms with Crippen molar-refractivity contribution in [3.05, 3.63) is 46.7 Å². The largest absolute Gasteiger partial charge is 0.372 e. The molecule has 3 heterocycles. The van der Waals surface area contributed by atoms with E-state index in [1.165, 1.54) is 23.5 Å². The molecule has 0 N–H and O–H groups in total. The second kappa shape index (κ2) is 6.48. The number of nitrogens with zero attached hydrogens (tertiary/aromatic N) is 3. The molecule has 1 fully saturated rings. The van der Waals surface area contributed by atoms with Crippen LogP contribution < -0.4 is 0 Å². The van der Waals surface area contributed by atoms with Gasteiger partial charge in [-0.2, -0.15) is 5.10 Å². The number of morpholine rings is 1. The van der Waals surface area contributed by atoms with Gasteiger partial charge in [-0.25, -0.2) is 9.07 Å². The number of carbonyl (C=O) groups excluding carboxylic acids is 1. The molecule has 1 aliphatic heterocycles. The van der Waals surface area contributed by atoms with E-state index in [9.17, 15) is 9.18 Å². The van der Waals surface area contributed by atoms with Crippen LogP contribution in [0.25, 0.3) is 15.9 Å². The number of hydrogen-bond acceptors (Lipinski definition) is 4. The first kappa shape index (κ1) is 17.2. The lowest BCUT2D eigenvalue weighted by molar-refractivity contribution is -0.0585. The molecule has 5 nitrogen and oxygen atoms in total. The minimum Gasteiger partial charge on any atom is -0.372 e. The Morgan fingerprint density at radius 1 is 1.23 bits per heavy atom. The molecule has 1 aliphatic rings. The van der Waals surface area contributed by atoms with Crippen LogP contribution in [0.1, 0.15) is 29.2 Å². The number of amides is 1. The first-order valence-electron chi connectivity index (χ1n) is 8.62. The van der Waals surface area contributed by atoms with E-state index in [2.05, 4.69) is 5.10 Å². The fourth-order valence-electron chi connectivity index (χ4n) is 3.41. The van der Waals surface area contributed by atoms with E-state index in [0.29, 0.717) is 18.0 Å². The maximum atomic E-state index is 13.2. The average molecular weight is 373 g/mol. The van der Waals surface area contributed by atoms with E-state index >= 15 is 0 Å². The summed E-state index contributed by atoms with van der Waals surface area (Å²) in [6, 6.07) is 8.11. The van der Waals surface area contributed by atoms with Gasteiger partial charge in [0.1, 0.15) is 10.6 Å². The standard InChI is InChI=1S/C19H20FN3O2S/c1-11-9-22(10-12(2)25-11)18(24)17-8-16-13(3)21-23(19(16)26-17)15-6-4-14(20)5-7-15/h4-8,11-12H,9-10H2,1-3H3. The number of thiophene rings is 1. The number of fused-ring (bicyclic) bond motifs is 1. The van der Waals surface area contributed by atoms with Gasteiger partial charge in [-0.15, -0.1) is 11.3 Å². The van der Waals surface area contributed by atoms with Crippen molar-refractivity contribution in [2.75, 3.05) is 13.1 Å². The normalized spacial score (nSPS) is 20.7. The van der Waals surface area contributed by atoms with Crippen molar-refractivity contribution in [1.29, 1.82) is 0 Å². The Morgan fingerprint density at radius 3 is 2.54 bits per heavy atom. The number of aromatic nitrogens is 2. The molecule has 0 bridgehead atoms. The lowest BCUT2D eigenvalue weighted by atomic mass is 10.2. The molecular formula is C19H20FN3O2S. The lowest BCUT2D eigenvalue weighted by Crippen LogP contribution is -2.48. The smallest absolute Gasteiger partial charge is 0.264 e. The fourth-order valence-corrected chi connectivity index (χ4v) is 4.56. The van der Waals surface area contributed by atoms with E-state index in [1.807, 2.05) is 31.7 Å². The summed E-state index contributed by atoms with van der Waals surface area (Å²) in [4.78, 5) is 16.4. The molecule has 7 heteroatoms. The van der Waals surface area contributed by atoms with Crippen molar-refractivity contribution in [2.45, 2.75) is 33.0 Å². The average Bonchev–Trinajstić information content (AvgIpc) is 3.15. The topological polar surface area (TPSA) is 47.4 Å². The maximum Gasteiger partial charge on any atom is 0.264 e. The zero-order valence-electron chi connectivity index (χ0n) is 14.9. The Morgan fingerprint density at radius 2 is 1.88 bits per heavy atom. The lowest BCUT2D eigenvalue weighted by Gasteiger charge is -2.35. The molecule has 3 aromatic rings. The van der Waals surface area contributed by atoms with E-state index in [-0.39, 0.29) is 23.9 Å². The molecule has 1 amide bonds. The summed E-state index contributed by atoms with van der Waals surface area (Å²) in [7, 11) is 0. The van der Waals surface area contributed by atoms with Crippen LogP contribution in [0.2, 0.25) is 0 Å². The number of ether oxygens (including phenoxy) is 1. The summed E-state index contributed by atoms with van der Waals surface area (Å²) in [6.45, 7) is 7.08. The molecule has 0 radical (unpaired) electrons. The van der Waals surface area contributed by atoms with Gasteiger partial charge in [-0.3, -0.25) is 4.79 Å². The van der Waals surface area contributed by atoms with Crippen LogP contribution in [0.4, 0.5) is 4.39 Å². The molecule has 2 atom stereocenters. The Hall–Kier alpha value is -2.25. The Balaban J connectivity index is 1.70. The van der Waals surface area contributed by atoms with Gasteiger partial charge in [0, 0.05) is 18.5 Å². The second-order valence-corrected chi connectivity index (χ2v) is 7.80. The van der Waals surface area contributed by atoms with Gasteiger partial charge in [0.2, 0.25) is 0 Å². The summed E-state index contributed by atoms with van der Waals surface area (Å²) in [5.41, 5.74) is 1.63. The summed E-state index contributed by atoms with van der Waals surface area (Å²) in [5, 5.41) is 5.50. The predicted molar refractivity (Wildman–Crippen MR) is 99.6 cm³/mol. The molecule has 0 aliphatic carbocycles. The zero-order chi connectivity index (χ0) is 18.4. The first-order chi connectivity index (χ1) is 12.4. The molecule has 4 rings (SSSR count). The van der Waals surface area contributed by atoms with Gasteiger partial charge < -0.3 is 9.64 Å². The number of hydrogen-bond donors (Lipinski definition) is 0. The quantitative estimate of drug-likeness (QED) is 0.687. The number of halogens is 1. The number of aryl methyl sites for hydroxylation is 1. The minimum atomic E-state index is -0.286. The van der Waals surface area contributed by atoms with E-state index in [1.54, 1.807) is 16.8 Å². The highest BCUT2D eigenvalue weighted by Gasteiger charge is 2.28. The highest BCUT2D eigenvalue weighted by atomic mass is 32.1. The van der Waals surface area contributed by atoms with Gasteiger partial charge in [0.15, 0.2) is 0 Å². The third kappa shape index (κ3) is 3.01. The first-order valence-corrected chi connectivity index (χ1v) is 9.44. The number of benzene rings is 1. The molecule has 1 saturated heterocycles. The zero-order valence-corrected chi connectivity index (χ0v) is 15.7. The van der Waals surface area contributed by atoms with Crippen molar-refractivity contribution in [1.82, 2.24) is 14.7 Å². The highest BCUT2D eigenvalue weighted by molar-refractivity contribution is 7.20. The van der Waals surface area contributed by atoms with Gasteiger partial charge in [0.25, 0.3) is 5.91 Å². The molecule has 2 aromatic heterocycles. The van der Waals surface area contributed by atoms with Crippen molar-refractivity contribution >= 4 is 27.5 Å². The van der Waals surface area contributed by atoms with Crippen LogP contribution in [0.15, 0.2) is 30.3 Å². The summed E-state index contributed by atoms with van der Waals surface area (Å²) < 4.78 is 20.7. The van der Waals surface area contributed by atoms with Gasteiger partial charge in [-0.05, 0) is 51.1 Å². The molecule has 2 unspecified atom stereocenters. The summed E-state index contributed by atoms with van der Waals surface area (Å²) in [6.07, 6.45) is 0.0713. The van der Waals surface area contributed by atoms with E-state index in [4.69, 9.17) is 4.74 Å². The summed E-state index contributed by atoms with van der Waals surface area (Å²) in [5.74, 6) is -0.260. The Bertz CT molecular complexity index is 953. The van der Waals surface area contributed by atoms with Crippen molar-refractivity contribution in [3.63, 3.8) is 0 Å². The van der Waals surface area contributed by atoms with Crippen LogP contribution in [0, 0.1) is 12.7 Å². The van der Waals surface area contributed by atoms with Crippen molar-refractivity contribution in [3.8, 4) is 5.69 Å². The fraction of sp³-hybridized carbons (Fsp3) is 0.368. The van der Waals surface area contributed by atoms with Crippen molar-refractivity contribution in [2.24, 2.45) is 0 Å². The van der Waals surface area contributed by atoms with E-state index in [0.717, 1.165) is 21.6 Å². The third-order valence-electron chi connectivity index (χ3n) is 4.53. The molecule has 0 spiro atoms. The predicted octanol–water partition coefficient (Wildman–Crippen LogP) is 3.78. The number of rotatable bonds is 2. The monoisotopic (exact) mass is 373 g/mol. The molecule has 26 heavy (non-hydrogen) atoms. The van der Waals surface area contributed by atoms with Crippen LogP contribution in [0.5, 0.6) is 0 Å². The van der Waals surface area contributed by atoms with Gasteiger partial charge >= 0.3 is 0 Å². The van der Waals surface area contributed by atoms with Crippen molar-refractivity contribution < 1.29 is 13.9 Å².